The first-order valence-corrected chi connectivity index (χ1v) is 5.72. The van der Waals surface area contributed by atoms with Gasteiger partial charge in [-0.25, -0.2) is 9.97 Å². The summed E-state index contributed by atoms with van der Waals surface area (Å²) >= 11 is 0. The second-order valence-electron chi connectivity index (χ2n) is 4.23. The molecular formula is C14H17N3. The fourth-order valence-corrected chi connectivity index (χ4v) is 1.98. The van der Waals surface area contributed by atoms with Gasteiger partial charge in [0.2, 0.25) is 0 Å². The molecule has 0 amide bonds. The molecule has 0 fully saturated rings. The van der Waals surface area contributed by atoms with Gasteiger partial charge in [0.1, 0.15) is 5.82 Å². The summed E-state index contributed by atoms with van der Waals surface area (Å²) in [6, 6.07) is 8.18. The van der Waals surface area contributed by atoms with Gasteiger partial charge in [0.25, 0.3) is 0 Å². The van der Waals surface area contributed by atoms with E-state index in [1.807, 2.05) is 20.0 Å². The molecule has 1 N–H and O–H groups in total. The number of anilines is 1. The Morgan fingerprint density at radius 1 is 1.00 bits per heavy atom. The van der Waals surface area contributed by atoms with E-state index in [0.29, 0.717) is 0 Å². The lowest BCUT2D eigenvalue weighted by Crippen LogP contribution is -2.00. The quantitative estimate of drug-likeness (QED) is 0.856. The standard InChI is InChI=1S/C14H17N3/c1-9-6-5-7-10(2)13(9)14-16-11(3)8-12(15-4)17-14/h5-8H,1-4H3,(H,15,16,17). The molecule has 3 nitrogen and oxygen atoms in total. The van der Waals surface area contributed by atoms with E-state index in [1.165, 1.54) is 11.1 Å². The molecule has 0 saturated carbocycles. The van der Waals surface area contributed by atoms with Crippen LogP contribution in [0.25, 0.3) is 11.4 Å². The van der Waals surface area contributed by atoms with Gasteiger partial charge in [-0.2, -0.15) is 0 Å². The molecule has 0 saturated heterocycles. The van der Waals surface area contributed by atoms with Gasteiger partial charge < -0.3 is 5.32 Å². The Labute approximate surface area is 102 Å². The van der Waals surface area contributed by atoms with Crippen LogP contribution in [0.3, 0.4) is 0 Å². The predicted octanol–water partition coefficient (Wildman–Crippen LogP) is 3.11. The molecule has 2 aromatic rings. The molecule has 0 bridgehead atoms. The first kappa shape index (κ1) is 11.6. The molecular weight excluding hydrogens is 210 g/mol. The third kappa shape index (κ3) is 2.28. The summed E-state index contributed by atoms with van der Waals surface area (Å²) in [5.74, 6) is 1.65. The van der Waals surface area contributed by atoms with Crippen molar-refractivity contribution in [2.45, 2.75) is 20.8 Å². The van der Waals surface area contributed by atoms with Crippen molar-refractivity contribution in [2.24, 2.45) is 0 Å². The third-order valence-corrected chi connectivity index (χ3v) is 2.82. The Morgan fingerprint density at radius 2 is 1.65 bits per heavy atom. The average molecular weight is 227 g/mol. The number of hydrogen-bond donors (Lipinski definition) is 1. The molecule has 0 spiro atoms. The van der Waals surface area contributed by atoms with Crippen LogP contribution in [0.5, 0.6) is 0 Å². The second kappa shape index (κ2) is 4.53. The zero-order valence-corrected chi connectivity index (χ0v) is 10.7. The minimum atomic E-state index is 0.796. The highest BCUT2D eigenvalue weighted by atomic mass is 15.0. The van der Waals surface area contributed by atoms with Crippen LogP contribution in [-0.4, -0.2) is 17.0 Å². The summed E-state index contributed by atoms with van der Waals surface area (Å²) < 4.78 is 0. The van der Waals surface area contributed by atoms with Gasteiger partial charge in [-0.15, -0.1) is 0 Å². The molecule has 0 unspecified atom stereocenters. The highest BCUT2D eigenvalue weighted by molar-refractivity contribution is 5.65. The fraction of sp³-hybridized carbons (Fsp3) is 0.286. The van der Waals surface area contributed by atoms with E-state index in [0.717, 1.165) is 22.9 Å². The van der Waals surface area contributed by atoms with Crippen LogP contribution in [0.15, 0.2) is 24.3 Å². The summed E-state index contributed by atoms with van der Waals surface area (Å²) in [5, 5.41) is 3.07. The lowest BCUT2D eigenvalue weighted by molar-refractivity contribution is 1.10. The van der Waals surface area contributed by atoms with Gasteiger partial charge in [0, 0.05) is 24.4 Å². The van der Waals surface area contributed by atoms with Crippen molar-refractivity contribution in [3.8, 4) is 11.4 Å². The van der Waals surface area contributed by atoms with Crippen LogP contribution in [0.2, 0.25) is 0 Å². The lowest BCUT2D eigenvalue weighted by Gasteiger charge is -2.10. The normalized spacial score (nSPS) is 10.4. The van der Waals surface area contributed by atoms with Crippen LogP contribution in [-0.2, 0) is 0 Å². The minimum absolute atomic E-state index is 0.796. The van der Waals surface area contributed by atoms with Crippen LogP contribution in [0.4, 0.5) is 5.82 Å². The van der Waals surface area contributed by atoms with E-state index in [4.69, 9.17) is 0 Å². The van der Waals surface area contributed by atoms with Crippen molar-refractivity contribution in [2.75, 3.05) is 12.4 Å². The van der Waals surface area contributed by atoms with Crippen molar-refractivity contribution in [3.05, 3.63) is 41.1 Å². The van der Waals surface area contributed by atoms with Crippen LogP contribution >= 0.6 is 0 Å². The van der Waals surface area contributed by atoms with Crippen molar-refractivity contribution < 1.29 is 0 Å². The molecule has 3 heteroatoms. The molecule has 0 atom stereocenters. The average Bonchev–Trinajstić information content (AvgIpc) is 2.28. The summed E-state index contributed by atoms with van der Waals surface area (Å²) in [5.41, 5.74) is 4.52. The first-order valence-electron chi connectivity index (χ1n) is 5.72. The van der Waals surface area contributed by atoms with E-state index >= 15 is 0 Å². The molecule has 1 heterocycles. The topological polar surface area (TPSA) is 37.8 Å². The number of rotatable bonds is 2. The second-order valence-corrected chi connectivity index (χ2v) is 4.23. The Morgan fingerprint density at radius 3 is 2.24 bits per heavy atom. The Hall–Kier alpha value is -1.90. The molecule has 17 heavy (non-hydrogen) atoms. The lowest BCUT2D eigenvalue weighted by atomic mass is 10.0. The molecule has 1 aromatic carbocycles. The monoisotopic (exact) mass is 227 g/mol. The van der Waals surface area contributed by atoms with Crippen molar-refractivity contribution in [1.82, 2.24) is 9.97 Å². The maximum atomic E-state index is 4.52. The smallest absolute Gasteiger partial charge is 0.162 e. The van der Waals surface area contributed by atoms with Gasteiger partial charge in [-0.3, -0.25) is 0 Å². The summed E-state index contributed by atoms with van der Waals surface area (Å²) in [4.78, 5) is 9.04. The van der Waals surface area contributed by atoms with Crippen molar-refractivity contribution in [1.29, 1.82) is 0 Å². The Balaban J connectivity index is 2.64. The number of nitrogens with one attached hydrogen (secondary N) is 1. The third-order valence-electron chi connectivity index (χ3n) is 2.82. The SMILES string of the molecule is CNc1cc(C)nc(-c2c(C)cccc2C)n1. The van der Waals surface area contributed by atoms with Gasteiger partial charge in [-0.1, -0.05) is 18.2 Å². The van der Waals surface area contributed by atoms with Crippen molar-refractivity contribution >= 4 is 5.82 Å². The zero-order valence-electron chi connectivity index (χ0n) is 10.7. The van der Waals surface area contributed by atoms with Crippen LogP contribution < -0.4 is 5.32 Å². The van der Waals surface area contributed by atoms with E-state index < -0.39 is 0 Å². The molecule has 2 rings (SSSR count). The summed E-state index contributed by atoms with van der Waals surface area (Å²) in [6.07, 6.45) is 0. The van der Waals surface area contributed by atoms with Gasteiger partial charge in [0.05, 0.1) is 0 Å². The van der Waals surface area contributed by atoms with Crippen LogP contribution in [0, 0.1) is 20.8 Å². The largest absolute Gasteiger partial charge is 0.373 e. The fourth-order valence-electron chi connectivity index (χ4n) is 1.98. The number of nitrogens with zero attached hydrogens (tertiary/aromatic N) is 2. The molecule has 88 valence electrons. The number of aryl methyl sites for hydroxylation is 3. The van der Waals surface area contributed by atoms with E-state index in [2.05, 4.69) is 47.3 Å². The highest BCUT2D eigenvalue weighted by Gasteiger charge is 2.09. The maximum Gasteiger partial charge on any atom is 0.162 e. The van der Waals surface area contributed by atoms with Crippen LogP contribution in [0.1, 0.15) is 16.8 Å². The molecule has 0 aliphatic rings. The highest BCUT2D eigenvalue weighted by Crippen LogP contribution is 2.25. The molecule has 0 aliphatic carbocycles. The number of hydrogen-bond acceptors (Lipinski definition) is 3. The summed E-state index contributed by atoms with van der Waals surface area (Å²) in [7, 11) is 1.87. The molecule has 1 aromatic heterocycles. The Bertz CT molecular complexity index is 527. The predicted molar refractivity (Wildman–Crippen MR) is 71.2 cm³/mol. The zero-order chi connectivity index (χ0) is 12.4. The van der Waals surface area contributed by atoms with Crippen molar-refractivity contribution in [3.63, 3.8) is 0 Å². The molecule has 0 radical (unpaired) electrons. The summed E-state index contributed by atoms with van der Waals surface area (Å²) in [6.45, 7) is 6.17. The first-order chi connectivity index (χ1) is 8.11. The number of benzene rings is 1. The minimum Gasteiger partial charge on any atom is -0.373 e. The van der Waals surface area contributed by atoms with Gasteiger partial charge in [0.15, 0.2) is 5.82 Å². The van der Waals surface area contributed by atoms with E-state index in [-0.39, 0.29) is 0 Å². The van der Waals surface area contributed by atoms with Gasteiger partial charge >= 0.3 is 0 Å². The van der Waals surface area contributed by atoms with E-state index in [1.54, 1.807) is 0 Å². The Kier molecular flexibility index (Phi) is 3.09. The maximum absolute atomic E-state index is 4.52. The molecule has 0 aliphatic heterocycles. The number of aromatic nitrogens is 2. The van der Waals surface area contributed by atoms with E-state index in [9.17, 15) is 0 Å². The van der Waals surface area contributed by atoms with Gasteiger partial charge in [-0.05, 0) is 31.9 Å².